The Morgan fingerprint density at radius 2 is 2.00 bits per heavy atom. The van der Waals surface area contributed by atoms with E-state index < -0.39 is 30.4 Å². The quantitative estimate of drug-likeness (QED) is 0.414. The van der Waals surface area contributed by atoms with Crippen LogP contribution in [0.5, 0.6) is 11.6 Å². The highest BCUT2D eigenvalue weighted by atomic mass is 31.1. The van der Waals surface area contributed by atoms with E-state index in [1.54, 1.807) is 6.92 Å². The van der Waals surface area contributed by atoms with Gasteiger partial charge in [0, 0.05) is 30.0 Å². The molecule has 2 aromatic rings. The molecule has 0 aliphatic carbocycles. The number of aromatic nitrogens is 1. The summed E-state index contributed by atoms with van der Waals surface area (Å²) < 4.78 is 59.8. The number of benzene rings is 1. The number of hydrogen-bond donors (Lipinski definition) is 0. The zero-order valence-electron chi connectivity index (χ0n) is 13.6. The Kier molecular flexibility index (Phi) is 5.89. The van der Waals surface area contributed by atoms with E-state index in [-0.39, 0.29) is 16.9 Å². The van der Waals surface area contributed by atoms with E-state index >= 15 is 0 Å². The summed E-state index contributed by atoms with van der Waals surface area (Å²) >= 11 is 0. The van der Waals surface area contributed by atoms with Gasteiger partial charge in [-0.25, -0.2) is 4.98 Å². The highest BCUT2D eigenvalue weighted by molar-refractivity contribution is 7.48. The largest absolute Gasteiger partial charge is 0.556 e. The number of ether oxygens (including phenoxy) is 1. The van der Waals surface area contributed by atoms with Gasteiger partial charge in [0.25, 0.3) is 0 Å². The fraction of sp³-hybridized carbons (Fsp3) is 0.267. The Labute approximate surface area is 146 Å². The van der Waals surface area contributed by atoms with Gasteiger partial charge < -0.3 is 4.74 Å². The van der Waals surface area contributed by atoms with Gasteiger partial charge in [0.05, 0.1) is 17.6 Å². The first kappa shape index (κ1) is 19.7. The smallest absolute Gasteiger partial charge is 0.439 e. The standard InChI is InChI=1S/C15H13F3N2O5P/c1-3-9-6-11(20(21)22)13(26(23)24-2)7-12(9)25-14-5-4-10(8-19-14)15(16,17)18/h4-8H,3H2,1-2H3/q+1. The number of hydrogen-bond acceptors (Lipinski definition) is 6. The third kappa shape index (κ3) is 4.33. The van der Waals surface area contributed by atoms with Gasteiger partial charge in [0.2, 0.25) is 5.88 Å². The lowest BCUT2D eigenvalue weighted by atomic mass is 10.1. The van der Waals surface area contributed by atoms with Gasteiger partial charge in [0.1, 0.15) is 5.75 Å². The minimum Gasteiger partial charge on any atom is -0.439 e. The predicted molar refractivity (Wildman–Crippen MR) is 86.0 cm³/mol. The molecule has 0 radical (unpaired) electrons. The molecule has 0 aliphatic heterocycles. The van der Waals surface area contributed by atoms with Crippen molar-refractivity contribution in [3.8, 4) is 11.6 Å². The molecular formula is C15H13F3N2O5P+. The van der Waals surface area contributed by atoms with Crippen LogP contribution in [0.2, 0.25) is 0 Å². The van der Waals surface area contributed by atoms with Crippen LogP contribution < -0.4 is 10.0 Å². The van der Waals surface area contributed by atoms with Gasteiger partial charge in [-0.2, -0.15) is 13.2 Å². The number of rotatable bonds is 6. The second-order valence-corrected chi connectivity index (χ2v) is 6.35. The van der Waals surface area contributed by atoms with Crippen LogP contribution in [-0.4, -0.2) is 17.0 Å². The van der Waals surface area contributed by atoms with Gasteiger partial charge in [-0.05, 0) is 17.1 Å². The fourth-order valence-corrected chi connectivity index (χ4v) is 2.84. The second-order valence-electron chi connectivity index (χ2n) is 4.98. The monoisotopic (exact) mass is 389 g/mol. The lowest BCUT2D eigenvalue weighted by Crippen LogP contribution is -2.09. The molecule has 0 spiro atoms. The number of nitro groups is 1. The van der Waals surface area contributed by atoms with Crippen molar-refractivity contribution in [2.75, 3.05) is 7.11 Å². The zero-order chi connectivity index (χ0) is 19.5. The number of pyridine rings is 1. The zero-order valence-corrected chi connectivity index (χ0v) is 14.5. The summed E-state index contributed by atoms with van der Waals surface area (Å²) in [5, 5.41) is 11.0. The maximum absolute atomic E-state index is 12.6. The SMILES string of the molecule is CCc1cc([N+](=O)[O-])c([P+](=O)OC)cc1Oc1ccc(C(F)(F)F)cn1. The van der Waals surface area contributed by atoms with Gasteiger partial charge >= 0.3 is 25.2 Å². The van der Waals surface area contributed by atoms with Crippen LogP contribution >= 0.6 is 8.03 Å². The average Bonchev–Trinajstić information content (AvgIpc) is 2.60. The summed E-state index contributed by atoms with van der Waals surface area (Å²) in [5.74, 6) is -0.0408. The number of aryl methyl sites for hydroxylation is 1. The first-order valence-corrected chi connectivity index (χ1v) is 8.38. The number of halogens is 3. The van der Waals surface area contributed by atoms with Crippen molar-refractivity contribution in [2.24, 2.45) is 0 Å². The molecule has 1 atom stereocenters. The van der Waals surface area contributed by atoms with Crippen LogP contribution in [0.25, 0.3) is 0 Å². The molecule has 11 heteroatoms. The minimum absolute atomic E-state index is 0.0979. The molecule has 0 saturated heterocycles. The third-order valence-corrected chi connectivity index (χ3v) is 4.46. The molecule has 2 rings (SSSR count). The van der Waals surface area contributed by atoms with Crippen molar-refractivity contribution in [2.45, 2.75) is 19.5 Å². The van der Waals surface area contributed by atoms with E-state index in [9.17, 15) is 27.9 Å². The molecule has 0 N–H and O–H groups in total. The van der Waals surface area contributed by atoms with Crippen LogP contribution in [0, 0.1) is 10.1 Å². The fourth-order valence-electron chi connectivity index (χ4n) is 2.08. The summed E-state index contributed by atoms with van der Waals surface area (Å²) in [5.41, 5.74) is -0.924. The lowest BCUT2D eigenvalue weighted by molar-refractivity contribution is -0.383. The van der Waals surface area contributed by atoms with Crippen LogP contribution in [0.15, 0.2) is 30.5 Å². The molecule has 0 fully saturated rings. The topological polar surface area (TPSA) is 91.6 Å². The maximum atomic E-state index is 12.6. The first-order chi connectivity index (χ1) is 12.2. The Morgan fingerprint density at radius 3 is 2.46 bits per heavy atom. The molecule has 0 saturated carbocycles. The first-order valence-electron chi connectivity index (χ1n) is 7.21. The van der Waals surface area contributed by atoms with Crippen LogP contribution in [-0.2, 0) is 21.7 Å². The van der Waals surface area contributed by atoms with Crippen molar-refractivity contribution in [1.82, 2.24) is 4.98 Å². The summed E-state index contributed by atoms with van der Waals surface area (Å²) in [6, 6.07) is 4.20. The summed E-state index contributed by atoms with van der Waals surface area (Å²) in [4.78, 5) is 14.1. The Bertz CT molecular complexity index is 840. The number of nitro benzene ring substituents is 1. The molecule has 1 heterocycles. The average molecular weight is 389 g/mol. The third-order valence-electron chi connectivity index (χ3n) is 3.38. The molecule has 1 unspecified atom stereocenters. The van der Waals surface area contributed by atoms with Gasteiger partial charge in [0.15, 0.2) is 0 Å². The Morgan fingerprint density at radius 1 is 1.31 bits per heavy atom. The summed E-state index contributed by atoms with van der Waals surface area (Å²) in [6.45, 7) is 1.71. The Balaban J connectivity index is 2.45. The molecule has 0 aliphatic rings. The van der Waals surface area contributed by atoms with Crippen LogP contribution in [0.1, 0.15) is 18.1 Å². The lowest BCUT2D eigenvalue weighted by Gasteiger charge is -2.10. The predicted octanol–water partition coefficient (Wildman–Crippen LogP) is 4.38. The van der Waals surface area contributed by atoms with Crippen LogP contribution in [0.4, 0.5) is 18.9 Å². The molecule has 7 nitrogen and oxygen atoms in total. The van der Waals surface area contributed by atoms with E-state index in [0.717, 1.165) is 19.2 Å². The van der Waals surface area contributed by atoms with E-state index in [1.807, 2.05) is 0 Å². The van der Waals surface area contributed by atoms with Gasteiger partial charge in [-0.3, -0.25) is 10.1 Å². The second kappa shape index (κ2) is 7.76. The molecule has 138 valence electrons. The maximum Gasteiger partial charge on any atom is 0.556 e. The van der Waals surface area contributed by atoms with Crippen molar-refractivity contribution < 1.29 is 31.9 Å². The van der Waals surface area contributed by atoms with Crippen molar-refractivity contribution in [3.63, 3.8) is 0 Å². The molecule has 0 bridgehead atoms. The highest BCUT2D eigenvalue weighted by Gasteiger charge is 2.35. The normalized spacial score (nSPS) is 12.0. The van der Waals surface area contributed by atoms with Crippen molar-refractivity contribution in [3.05, 3.63) is 51.7 Å². The van der Waals surface area contributed by atoms with Crippen molar-refractivity contribution >= 4 is 19.0 Å². The van der Waals surface area contributed by atoms with E-state index in [0.29, 0.717) is 18.2 Å². The number of nitrogens with zero attached hydrogens (tertiary/aromatic N) is 2. The van der Waals surface area contributed by atoms with Gasteiger partial charge in [-0.15, -0.1) is 4.52 Å². The number of alkyl halides is 3. The van der Waals surface area contributed by atoms with Crippen molar-refractivity contribution in [1.29, 1.82) is 0 Å². The van der Waals surface area contributed by atoms with Crippen LogP contribution in [0.3, 0.4) is 0 Å². The summed E-state index contributed by atoms with van der Waals surface area (Å²) in [6.07, 6.45) is -3.58. The minimum atomic E-state index is -4.53. The van der Waals surface area contributed by atoms with E-state index in [1.165, 1.54) is 12.1 Å². The molecule has 1 aromatic heterocycles. The van der Waals surface area contributed by atoms with Gasteiger partial charge in [-0.1, -0.05) is 6.92 Å². The Hall–Kier alpha value is -2.58. The molecule has 26 heavy (non-hydrogen) atoms. The van der Waals surface area contributed by atoms with E-state index in [2.05, 4.69) is 9.51 Å². The molecule has 1 aromatic carbocycles. The highest BCUT2D eigenvalue weighted by Crippen LogP contribution is 2.34. The molecular weight excluding hydrogens is 376 g/mol. The van der Waals surface area contributed by atoms with E-state index in [4.69, 9.17) is 4.74 Å². The summed E-state index contributed by atoms with van der Waals surface area (Å²) in [7, 11) is -1.36. The molecule has 0 amide bonds.